The second kappa shape index (κ2) is 7.45. The number of pyridine rings is 1. The van der Waals surface area contributed by atoms with Crippen molar-refractivity contribution in [3.63, 3.8) is 0 Å². The second-order valence-corrected chi connectivity index (χ2v) is 6.18. The SMILES string of the molecule is Cc1cc(C)cc(C(=O)NCc2ccnc(N3CCOCC3)c2)c1. The van der Waals surface area contributed by atoms with Gasteiger partial charge in [-0.25, -0.2) is 4.98 Å². The molecule has 0 radical (unpaired) electrons. The van der Waals surface area contributed by atoms with Crippen LogP contribution in [0.4, 0.5) is 5.82 Å². The molecule has 0 unspecified atom stereocenters. The van der Waals surface area contributed by atoms with E-state index in [4.69, 9.17) is 4.74 Å². The molecule has 3 rings (SSSR count). The molecule has 1 aliphatic rings. The quantitative estimate of drug-likeness (QED) is 0.938. The Balaban J connectivity index is 1.64. The van der Waals surface area contributed by atoms with Gasteiger partial charge in [0.15, 0.2) is 0 Å². The monoisotopic (exact) mass is 325 g/mol. The van der Waals surface area contributed by atoms with Gasteiger partial charge in [-0.1, -0.05) is 17.2 Å². The highest BCUT2D eigenvalue weighted by Crippen LogP contribution is 2.14. The molecule has 0 atom stereocenters. The van der Waals surface area contributed by atoms with Gasteiger partial charge < -0.3 is 15.0 Å². The molecule has 5 nitrogen and oxygen atoms in total. The maximum absolute atomic E-state index is 12.4. The Bertz CT molecular complexity index is 704. The van der Waals surface area contributed by atoms with Crippen molar-refractivity contribution in [1.82, 2.24) is 10.3 Å². The van der Waals surface area contributed by atoms with Gasteiger partial charge in [-0.2, -0.15) is 0 Å². The molecule has 1 saturated heterocycles. The maximum atomic E-state index is 12.4. The van der Waals surface area contributed by atoms with E-state index in [2.05, 4.69) is 21.3 Å². The number of hydrogen-bond acceptors (Lipinski definition) is 4. The molecule has 0 aliphatic carbocycles. The highest BCUT2D eigenvalue weighted by atomic mass is 16.5. The van der Waals surface area contributed by atoms with E-state index in [9.17, 15) is 4.79 Å². The first kappa shape index (κ1) is 16.5. The predicted octanol–water partition coefficient (Wildman–Crippen LogP) is 2.47. The number of hydrogen-bond donors (Lipinski definition) is 1. The van der Waals surface area contributed by atoms with Crippen molar-refractivity contribution in [3.05, 3.63) is 58.8 Å². The maximum Gasteiger partial charge on any atom is 0.251 e. The van der Waals surface area contributed by atoms with E-state index in [1.807, 2.05) is 38.1 Å². The molecule has 2 heterocycles. The zero-order valence-corrected chi connectivity index (χ0v) is 14.2. The molecule has 1 aliphatic heterocycles. The third kappa shape index (κ3) is 4.11. The summed E-state index contributed by atoms with van der Waals surface area (Å²) >= 11 is 0. The third-order valence-electron chi connectivity index (χ3n) is 4.08. The average molecular weight is 325 g/mol. The normalized spacial score (nSPS) is 14.5. The number of ether oxygens (including phenoxy) is 1. The molecule has 1 amide bonds. The summed E-state index contributed by atoms with van der Waals surface area (Å²) in [6, 6.07) is 9.86. The van der Waals surface area contributed by atoms with E-state index in [1.54, 1.807) is 6.20 Å². The van der Waals surface area contributed by atoms with Gasteiger partial charge in [0.2, 0.25) is 0 Å². The fourth-order valence-electron chi connectivity index (χ4n) is 2.93. The Hall–Kier alpha value is -2.40. The number of rotatable bonds is 4. The van der Waals surface area contributed by atoms with Crippen LogP contribution in [-0.2, 0) is 11.3 Å². The lowest BCUT2D eigenvalue weighted by Gasteiger charge is -2.28. The van der Waals surface area contributed by atoms with Crippen LogP contribution in [0.25, 0.3) is 0 Å². The van der Waals surface area contributed by atoms with Crippen LogP contribution in [0.2, 0.25) is 0 Å². The van der Waals surface area contributed by atoms with Crippen molar-refractivity contribution in [2.75, 3.05) is 31.2 Å². The number of morpholine rings is 1. The summed E-state index contributed by atoms with van der Waals surface area (Å²) in [6.07, 6.45) is 1.79. The van der Waals surface area contributed by atoms with Gasteiger partial charge in [0.25, 0.3) is 5.91 Å². The van der Waals surface area contributed by atoms with Crippen molar-refractivity contribution in [1.29, 1.82) is 0 Å². The van der Waals surface area contributed by atoms with E-state index < -0.39 is 0 Å². The molecular formula is C19H23N3O2. The van der Waals surface area contributed by atoms with Crippen LogP contribution < -0.4 is 10.2 Å². The first-order valence-corrected chi connectivity index (χ1v) is 8.26. The number of aryl methyl sites for hydroxylation is 2. The Morgan fingerprint density at radius 3 is 2.58 bits per heavy atom. The van der Waals surface area contributed by atoms with Crippen LogP contribution in [-0.4, -0.2) is 37.2 Å². The van der Waals surface area contributed by atoms with Gasteiger partial charge in [-0.3, -0.25) is 4.79 Å². The lowest BCUT2D eigenvalue weighted by molar-refractivity contribution is 0.0950. The van der Waals surface area contributed by atoms with Gasteiger partial charge in [0, 0.05) is 31.4 Å². The van der Waals surface area contributed by atoms with Gasteiger partial charge in [-0.05, 0) is 43.7 Å². The number of aromatic nitrogens is 1. The molecule has 2 aromatic rings. The zero-order valence-electron chi connectivity index (χ0n) is 14.2. The minimum Gasteiger partial charge on any atom is -0.378 e. The summed E-state index contributed by atoms with van der Waals surface area (Å²) < 4.78 is 5.37. The summed E-state index contributed by atoms with van der Waals surface area (Å²) in [5.74, 6) is 0.892. The van der Waals surface area contributed by atoms with Gasteiger partial charge in [0.05, 0.1) is 13.2 Å². The number of nitrogens with one attached hydrogen (secondary N) is 1. The van der Waals surface area contributed by atoms with Gasteiger partial charge in [-0.15, -0.1) is 0 Å². The third-order valence-corrected chi connectivity index (χ3v) is 4.08. The summed E-state index contributed by atoms with van der Waals surface area (Å²) in [6.45, 7) is 7.66. The van der Waals surface area contributed by atoms with Crippen molar-refractivity contribution in [3.8, 4) is 0 Å². The van der Waals surface area contributed by atoms with E-state index in [1.165, 1.54) is 0 Å². The standard InChI is InChI=1S/C19H23N3O2/c1-14-9-15(2)11-17(10-14)19(23)21-13-16-3-4-20-18(12-16)22-5-7-24-8-6-22/h3-4,9-12H,5-8,13H2,1-2H3,(H,21,23). The molecule has 1 aromatic carbocycles. The lowest BCUT2D eigenvalue weighted by atomic mass is 10.1. The highest BCUT2D eigenvalue weighted by molar-refractivity contribution is 5.94. The first-order valence-electron chi connectivity index (χ1n) is 8.26. The predicted molar refractivity (Wildman–Crippen MR) is 94.4 cm³/mol. The number of anilines is 1. The largest absolute Gasteiger partial charge is 0.378 e. The smallest absolute Gasteiger partial charge is 0.251 e. The molecule has 1 aromatic heterocycles. The van der Waals surface area contributed by atoms with Crippen LogP contribution >= 0.6 is 0 Å². The van der Waals surface area contributed by atoms with Crippen molar-refractivity contribution in [2.45, 2.75) is 20.4 Å². The Morgan fingerprint density at radius 1 is 1.17 bits per heavy atom. The van der Waals surface area contributed by atoms with E-state index in [-0.39, 0.29) is 5.91 Å². The molecule has 1 fully saturated rings. The lowest BCUT2D eigenvalue weighted by Crippen LogP contribution is -2.36. The van der Waals surface area contributed by atoms with Crippen LogP contribution in [0.5, 0.6) is 0 Å². The first-order chi connectivity index (χ1) is 11.6. The molecule has 0 spiro atoms. The van der Waals surface area contributed by atoms with E-state index in [0.29, 0.717) is 12.1 Å². The number of carbonyl (C=O) groups is 1. The number of benzene rings is 1. The average Bonchev–Trinajstić information content (AvgIpc) is 2.60. The number of nitrogens with zero attached hydrogens (tertiary/aromatic N) is 2. The number of amides is 1. The van der Waals surface area contributed by atoms with Crippen molar-refractivity contribution >= 4 is 11.7 Å². The summed E-state index contributed by atoms with van der Waals surface area (Å²) in [5, 5.41) is 2.99. The van der Waals surface area contributed by atoms with E-state index in [0.717, 1.165) is 48.8 Å². The minimum absolute atomic E-state index is 0.0495. The van der Waals surface area contributed by atoms with Crippen LogP contribution in [0.1, 0.15) is 27.0 Å². The van der Waals surface area contributed by atoms with Gasteiger partial charge in [0.1, 0.15) is 5.82 Å². The van der Waals surface area contributed by atoms with Crippen LogP contribution in [0.15, 0.2) is 36.5 Å². The molecule has 126 valence electrons. The Morgan fingerprint density at radius 2 is 1.88 bits per heavy atom. The summed E-state index contributed by atoms with van der Waals surface area (Å²) in [5.41, 5.74) is 3.94. The molecule has 0 bridgehead atoms. The van der Waals surface area contributed by atoms with E-state index >= 15 is 0 Å². The Kier molecular flexibility index (Phi) is 5.11. The minimum atomic E-state index is -0.0495. The topological polar surface area (TPSA) is 54.5 Å². The summed E-state index contributed by atoms with van der Waals surface area (Å²) in [4.78, 5) is 19.0. The number of carbonyl (C=O) groups excluding carboxylic acids is 1. The zero-order chi connectivity index (χ0) is 16.9. The molecule has 5 heteroatoms. The van der Waals surface area contributed by atoms with Crippen molar-refractivity contribution in [2.24, 2.45) is 0 Å². The van der Waals surface area contributed by atoms with Crippen LogP contribution in [0, 0.1) is 13.8 Å². The summed E-state index contributed by atoms with van der Waals surface area (Å²) in [7, 11) is 0. The highest BCUT2D eigenvalue weighted by Gasteiger charge is 2.13. The second-order valence-electron chi connectivity index (χ2n) is 6.18. The van der Waals surface area contributed by atoms with Gasteiger partial charge >= 0.3 is 0 Å². The molecule has 1 N–H and O–H groups in total. The van der Waals surface area contributed by atoms with Crippen molar-refractivity contribution < 1.29 is 9.53 Å². The molecule has 24 heavy (non-hydrogen) atoms. The molecular weight excluding hydrogens is 302 g/mol. The fourth-order valence-corrected chi connectivity index (χ4v) is 2.93. The van der Waals surface area contributed by atoms with Crippen LogP contribution in [0.3, 0.4) is 0 Å². The molecule has 0 saturated carbocycles. The fraction of sp³-hybridized carbons (Fsp3) is 0.368. The Labute approximate surface area is 142 Å².